The molecule has 1 N–H and O–H groups in total. The number of benzene rings is 2. The van der Waals surface area contributed by atoms with Crippen molar-refractivity contribution in [3.63, 3.8) is 0 Å². The number of aromatic nitrogens is 1. The van der Waals surface area contributed by atoms with Crippen LogP contribution in [0.4, 0.5) is 5.69 Å². The molecule has 9 heteroatoms. The Morgan fingerprint density at radius 1 is 1.17 bits per heavy atom. The Morgan fingerprint density at radius 3 is 2.55 bits per heavy atom. The van der Waals surface area contributed by atoms with Crippen LogP contribution >= 0.6 is 0 Å². The van der Waals surface area contributed by atoms with Gasteiger partial charge in [0.25, 0.3) is 0 Å². The van der Waals surface area contributed by atoms with Crippen molar-refractivity contribution in [3.05, 3.63) is 58.1 Å². The van der Waals surface area contributed by atoms with Crippen molar-refractivity contribution in [2.24, 2.45) is 0 Å². The highest BCUT2D eigenvalue weighted by atomic mass is 32.2. The Balaban J connectivity index is 1.81. The van der Waals surface area contributed by atoms with Crippen molar-refractivity contribution in [3.8, 4) is 0 Å². The number of nitrogens with zero attached hydrogens (tertiary/aromatic N) is 2. The molecule has 0 aliphatic rings. The summed E-state index contributed by atoms with van der Waals surface area (Å²) in [7, 11) is -0.720. The minimum atomic E-state index is -3.63. The molecule has 0 aliphatic carbocycles. The van der Waals surface area contributed by atoms with Gasteiger partial charge in [-0.2, -0.15) is 0 Å². The molecule has 0 unspecified atom stereocenters. The number of anilines is 1. The van der Waals surface area contributed by atoms with Crippen molar-refractivity contribution < 1.29 is 17.6 Å². The van der Waals surface area contributed by atoms with Crippen LogP contribution in [0.15, 0.2) is 50.5 Å². The largest absolute Gasteiger partial charge is 0.419 e. The van der Waals surface area contributed by atoms with Crippen LogP contribution in [0.2, 0.25) is 0 Å². The highest BCUT2D eigenvalue weighted by molar-refractivity contribution is 7.89. The Kier molecular flexibility index (Phi) is 5.63. The molecule has 3 rings (SSSR count). The van der Waals surface area contributed by atoms with E-state index in [1.807, 2.05) is 6.92 Å². The monoisotopic (exact) mass is 417 g/mol. The lowest BCUT2D eigenvalue weighted by atomic mass is 10.1. The summed E-state index contributed by atoms with van der Waals surface area (Å²) in [5, 5.41) is 2.76. The maximum Gasteiger partial charge on any atom is 0.419 e. The van der Waals surface area contributed by atoms with Gasteiger partial charge in [0, 0.05) is 32.7 Å². The molecule has 0 radical (unpaired) electrons. The van der Waals surface area contributed by atoms with E-state index in [4.69, 9.17) is 4.42 Å². The number of rotatable bonds is 6. The van der Waals surface area contributed by atoms with Gasteiger partial charge in [0.2, 0.25) is 15.9 Å². The van der Waals surface area contributed by atoms with Gasteiger partial charge in [-0.3, -0.25) is 9.36 Å². The van der Waals surface area contributed by atoms with Gasteiger partial charge in [-0.05, 0) is 49.2 Å². The van der Waals surface area contributed by atoms with E-state index in [0.717, 1.165) is 15.4 Å². The number of amides is 1. The predicted molar refractivity (Wildman–Crippen MR) is 111 cm³/mol. The van der Waals surface area contributed by atoms with Gasteiger partial charge in [-0.1, -0.05) is 12.1 Å². The van der Waals surface area contributed by atoms with E-state index in [1.54, 1.807) is 37.3 Å². The smallest absolute Gasteiger partial charge is 0.408 e. The number of aryl methyl sites for hydroxylation is 2. The first-order valence-corrected chi connectivity index (χ1v) is 10.5. The van der Waals surface area contributed by atoms with Crippen LogP contribution in [0.25, 0.3) is 11.1 Å². The van der Waals surface area contributed by atoms with E-state index in [-0.39, 0.29) is 23.8 Å². The Morgan fingerprint density at radius 2 is 1.86 bits per heavy atom. The normalized spacial score (nSPS) is 11.9. The molecule has 0 saturated carbocycles. The van der Waals surface area contributed by atoms with Gasteiger partial charge in [0.1, 0.15) is 0 Å². The van der Waals surface area contributed by atoms with Crippen LogP contribution in [0.3, 0.4) is 0 Å². The zero-order chi connectivity index (χ0) is 21.3. The molecule has 0 bridgehead atoms. The molecule has 0 aliphatic heterocycles. The minimum Gasteiger partial charge on any atom is -0.408 e. The van der Waals surface area contributed by atoms with E-state index >= 15 is 0 Å². The zero-order valence-electron chi connectivity index (χ0n) is 16.7. The number of hydrogen-bond acceptors (Lipinski definition) is 5. The summed E-state index contributed by atoms with van der Waals surface area (Å²) in [4.78, 5) is 24.6. The maximum atomic E-state index is 12.5. The summed E-state index contributed by atoms with van der Waals surface area (Å²) in [6, 6.07) is 10.0. The van der Waals surface area contributed by atoms with Crippen molar-refractivity contribution in [2.45, 2.75) is 31.7 Å². The lowest BCUT2D eigenvalue weighted by Crippen LogP contribution is -2.23. The number of carbonyl (C=O) groups excluding carboxylic acids is 1. The zero-order valence-corrected chi connectivity index (χ0v) is 17.5. The van der Waals surface area contributed by atoms with Crippen molar-refractivity contribution in [1.82, 2.24) is 8.87 Å². The first kappa shape index (κ1) is 20.8. The van der Waals surface area contributed by atoms with Gasteiger partial charge < -0.3 is 9.73 Å². The fourth-order valence-corrected chi connectivity index (χ4v) is 3.98. The Bertz CT molecular complexity index is 1240. The van der Waals surface area contributed by atoms with Gasteiger partial charge in [0.05, 0.1) is 10.4 Å². The SMILES string of the molecule is Cc1cc(S(=O)(=O)N(C)C)cc(NC(=O)CCn2c(=O)oc3ccccc32)c1C. The third-order valence-electron chi connectivity index (χ3n) is 4.83. The van der Waals surface area contributed by atoms with Crippen molar-refractivity contribution in [2.75, 3.05) is 19.4 Å². The summed E-state index contributed by atoms with van der Waals surface area (Å²) >= 11 is 0. The van der Waals surface area contributed by atoms with E-state index < -0.39 is 15.8 Å². The first-order chi connectivity index (χ1) is 13.6. The highest BCUT2D eigenvalue weighted by Gasteiger charge is 2.20. The van der Waals surface area contributed by atoms with Gasteiger partial charge in [0.15, 0.2) is 5.58 Å². The van der Waals surface area contributed by atoms with Gasteiger partial charge in [-0.15, -0.1) is 0 Å². The Labute approximate surface area is 168 Å². The van der Waals surface area contributed by atoms with E-state index in [0.29, 0.717) is 16.8 Å². The summed E-state index contributed by atoms with van der Waals surface area (Å²) in [6.07, 6.45) is 0.0343. The Hall–Kier alpha value is -2.91. The molecule has 8 nitrogen and oxygen atoms in total. The molecule has 1 amide bonds. The summed E-state index contributed by atoms with van der Waals surface area (Å²) in [5.41, 5.74) is 3.05. The number of carbonyl (C=O) groups is 1. The standard InChI is InChI=1S/C20H23N3O5S/c1-13-11-15(29(26,27)22(3)4)12-16(14(13)2)21-19(24)9-10-23-17-7-5-6-8-18(17)28-20(23)25/h5-8,11-12H,9-10H2,1-4H3,(H,21,24). The molecule has 0 spiro atoms. The number of hydrogen-bond donors (Lipinski definition) is 1. The summed E-state index contributed by atoms with van der Waals surface area (Å²) in [5.74, 6) is -0.853. The first-order valence-electron chi connectivity index (χ1n) is 9.03. The number of nitrogens with one attached hydrogen (secondary N) is 1. The second-order valence-electron chi connectivity index (χ2n) is 6.99. The van der Waals surface area contributed by atoms with Gasteiger partial charge >= 0.3 is 5.76 Å². The van der Waals surface area contributed by atoms with Crippen molar-refractivity contribution >= 4 is 32.7 Å². The van der Waals surface area contributed by atoms with Crippen LogP contribution < -0.4 is 11.1 Å². The average Bonchev–Trinajstić information content (AvgIpc) is 2.98. The second kappa shape index (κ2) is 7.84. The lowest BCUT2D eigenvalue weighted by Gasteiger charge is -2.16. The molecular formula is C20H23N3O5S. The third-order valence-corrected chi connectivity index (χ3v) is 6.62. The third kappa shape index (κ3) is 4.10. The maximum absolute atomic E-state index is 12.5. The topological polar surface area (TPSA) is 102 Å². The molecule has 1 heterocycles. The number of para-hydroxylation sites is 2. The average molecular weight is 417 g/mol. The number of fused-ring (bicyclic) bond motifs is 1. The van der Waals surface area contributed by atoms with E-state index in [2.05, 4.69) is 5.32 Å². The molecule has 3 aromatic rings. The molecule has 0 saturated heterocycles. The predicted octanol–water partition coefficient (Wildman–Crippen LogP) is 2.49. The number of oxazole rings is 1. The quantitative estimate of drug-likeness (QED) is 0.664. The fourth-order valence-electron chi connectivity index (χ4n) is 2.97. The minimum absolute atomic E-state index is 0.0343. The van der Waals surface area contributed by atoms with E-state index in [9.17, 15) is 18.0 Å². The van der Waals surface area contributed by atoms with Gasteiger partial charge in [-0.25, -0.2) is 17.5 Å². The van der Waals surface area contributed by atoms with Crippen LogP contribution in [0.1, 0.15) is 17.5 Å². The molecule has 2 aromatic carbocycles. The summed E-state index contributed by atoms with van der Waals surface area (Å²) < 4.78 is 32.6. The molecular weight excluding hydrogens is 394 g/mol. The number of sulfonamides is 1. The fraction of sp³-hybridized carbons (Fsp3) is 0.300. The lowest BCUT2D eigenvalue weighted by molar-refractivity contribution is -0.116. The van der Waals surface area contributed by atoms with Crippen LogP contribution in [-0.4, -0.2) is 37.3 Å². The molecule has 0 atom stereocenters. The van der Waals surface area contributed by atoms with Crippen LogP contribution in [0.5, 0.6) is 0 Å². The second-order valence-corrected chi connectivity index (χ2v) is 9.14. The molecule has 154 valence electrons. The summed E-state index contributed by atoms with van der Waals surface area (Å²) in [6.45, 7) is 3.75. The van der Waals surface area contributed by atoms with E-state index in [1.165, 1.54) is 24.7 Å². The van der Waals surface area contributed by atoms with Crippen LogP contribution in [0, 0.1) is 13.8 Å². The highest BCUT2D eigenvalue weighted by Crippen LogP contribution is 2.25. The molecule has 0 fully saturated rings. The molecule has 1 aromatic heterocycles. The van der Waals surface area contributed by atoms with Crippen molar-refractivity contribution in [1.29, 1.82) is 0 Å². The molecule has 29 heavy (non-hydrogen) atoms. The van der Waals surface area contributed by atoms with Crippen LogP contribution in [-0.2, 0) is 21.4 Å².